The van der Waals surface area contributed by atoms with E-state index in [1.54, 1.807) is 11.3 Å². The number of unbranched alkanes of at least 4 members (excludes halogenated alkanes) is 15. The zero-order valence-corrected chi connectivity index (χ0v) is 27.6. The van der Waals surface area contributed by atoms with Gasteiger partial charge < -0.3 is 9.63 Å². The van der Waals surface area contributed by atoms with Crippen LogP contribution in [0, 0.1) is 6.92 Å². The van der Waals surface area contributed by atoms with E-state index >= 15 is 0 Å². The number of phosphoric acid groups is 1. The first-order chi connectivity index (χ1) is 19.4. The molecule has 0 spiro atoms. The molecule has 0 aliphatic rings. The maximum Gasteiger partial charge on any atom is 0.376 e. The molecule has 0 aromatic carbocycles. The van der Waals surface area contributed by atoms with Crippen molar-refractivity contribution in [1.29, 1.82) is 0 Å². The number of thiazole rings is 1. The van der Waals surface area contributed by atoms with E-state index < -0.39 is 14.3 Å². The fourth-order valence-corrected chi connectivity index (χ4v) is 6.16. The second-order valence-corrected chi connectivity index (χ2v) is 13.1. The fourth-order valence-electron chi connectivity index (χ4n) is 4.45. The van der Waals surface area contributed by atoms with Crippen molar-refractivity contribution >= 4 is 19.5 Å². The van der Waals surface area contributed by atoms with E-state index in [1.165, 1.54) is 89.9 Å². The van der Waals surface area contributed by atoms with E-state index in [-0.39, 0.29) is 19.8 Å². The molecule has 1 heterocycles. The second kappa shape index (κ2) is 25.3. The molecule has 0 aliphatic carbocycles. The van der Waals surface area contributed by atoms with Gasteiger partial charge >= 0.3 is 8.17 Å². The summed E-state index contributed by atoms with van der Waals surface area (Å²) >= 11 is 1.60. The van der Waals surface area contributed by atoms with Gasteiger partial charge in [0, 0.05) is 20.0 Å². The molecule has 0 saturated carbocycles. The molecule has 2 atom stereocenters. The Hall–Kier alpha value is -0.220. The van der Waals surface area contributed by atoms with Gasteiger partial charge in [0.05, 0.1) is 18.1 Å². The third kappa shape index (κ3) is 20.6. The van der Waals surface area contributed by atoms with E-state index in [2.05, 4.69) is 6.92 Å². The molecule has 1 unspecified atom stereocenters. The third-order valence-electron chi connectivity index (χ3n) is 7.06. The van der Waals surface area contributed by atoms with Crippen LogP contribution in [0.5, 0.6) is 0 Å². The molecule has 0 fully saturated rings. The van der Waals surface area contributed by atoms with Crippen molar-refractivity contribution < 1.29 is 37.9 Å². The van der Waals surface area contributed by atoms with Gasteiger partial charge in [0.25, 0.3) is 0 Å². The molecular weight excluding hydrogens is 549 g/mol. The van der Waals surface area contributed by atoms with Gasteiger partial charge in [0.15, 0.2) is 5.69 Å². The first kappa shape index (κ1) is 37.8. The van der Waals surface area contributed by atoms with Crippen LogP contribution in [-0.2, 0) is 37.0 Å². The maximum atomic E-state index is 12.3. The topological polar surface area (TPSA) is 93.3 Å². The normalized spacial score (nSPS) is 14.1. The summed E-state index contributed by atoms with van der Waals surface area (Å²) in [5, 5.41) is 0. The monoisotopic (exact) mass is 608 g/mol. The van der Waals surface area contributed by atoms with Crippen molar-refractivity contribution in [1.82, 2.24) is 0 Å². The van der Waals surface area contributed by atoms with Crippen LogP contribution >= 0.6 is 19.5 Å². The van der Waals surface area contributed by atoms with E-state index in [0.29, 0.717) is 19.6 Å². The van der Waals surface area contributed by atoms with E-state index in [4.69, 9.17) is 23.6 Å². The lowest BCUT2D eigenvalue weighted by molar-refractivity contribution is -0.673. The molecule has 1 rings (SSSR count). The summed E-state index contributed by atoms with van der Waals surface area (Å²) in [6.07, 6.45) is 21.3. The minimum absolute atomic E-state index is 0.0991. The predicted octanol–water partition coefficient (Wildman–Crippen LogP) is 7.10. The van der Waals surface area contributed by atoms with E-state index in [1.807, 2.05) is 31.0 Å². The molecule has 8 nitrogen and oxygen atoms in total. The number of phosphoric ester groups is 1. The highest BCUT2D eigenvalue weighted by Crippen LogP contribution is 2.47. The second-order valence-electron chi connectivity index (χ2n) is 10.7. The number of nitrogens with zero attached hydrogens (tertiary/aromatic N) is 1. The Balaban J connectivity index is 2.02. The van der Waals surface area contributed by atoms with Gasteiger partial charge in [0.1, 0.15) is 26.4 Å². The number of aryl methyl sites for hydroxylation is 1. The van der Waals surface area contributed by atoms with Crippen LogP contribution in [0.2, 0.25) is 0 Å². The average molecular weight is 609 g/mol. The average Bonchev–Trinajstić information content (AvgIpc) is 3.25. The first-order valence-corrected chi connectivity index (χ1v) is 18.2. The van der Waals surface area contributed by atoms with Crippen LogP contribution in [0.25, 0.3) is 0 Å². The molecule has 236 valence electrons. The van der Waals surface area contributed by atoms with Crippen molar-refractivity contribution in [3.8, 4) is 0 Å². The number of ether oxygens (including phenoxy) is 1. The first-order valence-electron chi connectivity index (χ1n) is 15.8. The Morgan fingerprint density at radius 3 is 1.88 bits per heavy atom. The predicted molar refractivity (Wildman–Crippen MR) is 162 cm³/mol. The highest BCUT2D eigenvalue weighted by atomic mass is 32.1. The highest BCUT2D eigenvalue weighted by molar-refractivity contribution is 7.52. The standard InChI is InChI=1S/C30H58NO7PS/c1-5-7-8-9-10-11-12-13-14-15-16-17-18-19-20-21-23-34-25-29(38-35-6-2)26-37-39(32,33)36-24-22-30-28(3)31(4)27-40-30/h27,29H,5-26H2,1-4H3/p+1/t29-/m1/s1. The Bertz CT molecular complexity index is 708. The third-order valence-corrected chi connectivity index (χ3v) is 9.25. The van der Waals surface area contributed by atoms with Crippen LogP contribution in [0.4, 0.5) is 0 Å². The minimum Gasteiger partial charge on any atom is -0.606 e. The van der Waals surface area contributed by atoms with Crippen LogP contribution in [-0.4, -0.2) is 44.0 Å². The summed E-state index contributed by atoms with van der Waals surface area (Å²) < 4.78 is 18.0. The Morgan fingerprint density at radius 1 is 0.825 bits per heavy atom. The number of aromatic nitrogens is 1. The Labute approximate surface area is 249 Å². The van der Waals surface area contributed by atoms with Crippen LogP contribution in [0.3, 0.4) is 0 Å². The van der Waals surface area contributed by atoms with Gasteiger partial charge in [-0.2, -0.15) is 18.5 Å². The zero-order chi connectivity index (χ0) is 29.3. The summed E-state index contributed by atoms with van der Waals surface area (Å²) in [6, 6.07) is 0. The smallest absolute Gasteiger partial charge is 0.376 e. The summed E-state index contributed by atoms with van der Waals surface area (Å²) in [7, 11) is -2.23. The summed E-state index contributed by atoms with van der Waals surface area (Å²) in [5.74, 6) is 0. The fraction of sp³-hybridized carbons (Fsp3) is 0.900. The zero-order valence-electron chi connectivity index (χ0n) is 25.9. The molecule has 1 aromatic heterocycles. The maximum absolute atomic E-state index is 12.3. The summed E-state index contributed by atoms with van der Waals surface area (Å²) in [4.78, 5) is 33.7. The quantitative estimate of drug-likeness (QED) is 0.0341. The molecule has 0 aliphatic heterocycles. The van der Waals surface area contributed by atoms with Crippen LogP contribution in [0.15, 0.2) is 5.51 Å². The van der Waals surface area contributed by atoms with Gasteiger partial charge in [-0.1, -0.05) is 115 Å². The molecule has 0 amide bonds. The van der Waals surface area contributed by atoms with E-state index in [9.17, 15) is 9.79 Å². The Morgan fingerprint density at radius 2 is 1.38 bits per heavy atom. The largest absolute Gasteiger partial charge is 0.606 e. The van der Waals surface area contributed by atoms with Gasteiger partial charge in [-0.3, -0.25) is 0 Å². The van der Waals surface area contributed by atoms with Gasteiger partial charge in [-0.15, -0.1) is 0 Å². The molecular formula is C30H59NO7PS+. The van der Waals surface area contributed by atoms with Crippen molar-refractivity contribution in [3.63, 3.8) is 0 Å². The van der Waals surface area contributed by atoms with Crippen molar-refractivity contribution in [2.75, 3.05) is 33.0 Å². The number of hydrogen-bond donors (Lipinski definition) is 1. The lowest BCUT2D eigenvalue weighted by Crippen LogP contribution is -2.29. The summed E-state index contributed by atoms with van der Waals surface area (Å²) in [6.45, 7) is 7.25. The molecule has 1 aromatic rings. The van der Waals surface area contributed by atoms with Crippen molar-refractivity contribution in [2.45, 2.75) is 136 Å². The summed E-state index contributed by atoms with van der Waals surface area (Å²) in [5.41, 5.74) is 3.11. The van der Waals surface area contributed by atoms with E-state index in [0.717, 1.165) is 23.4 Å². The SMILES string of the molecule is CCCCCCCCCCCCCCCCCCOC[C@H](CO[P+]([O-])(O)OCCc1sc[n+](C)c1C)OOCC. The molecule has 0 radical (unpaired) electrons. The van der Waals surface area contributed by atoms with Gasteiger partial charge in [0.2, 0.25) is 5.51 Å². The highest BCUT2D eigenvalue weighted by Gasteiger charge is 2.30. The molecule has 40 heavy (non-hydrogen) atoms. The number of hydrogen-bond acceptors (Lipinski definition) is 8. The molecule has 0 bridgehead atoms. The van der Waals surface area contributed by atoms with Crippen LogP contribution < -0.4 is 9.46 Å². The van der Waals surface area contributed by atoms with Crippen molar-refractivity contribution in [2.24, 2.45) is 7.05 Å². The lowest BCUT2D eigenvalue weighted by atomic mass is 10.0. The lowest BCUT2D eigenvalue weighted by Gasteiger charge is -2.22. The van der Waals surface area contributed by atoms with Gasteiger partial charge in [-0.05, 0) is 13.3 Å². The molecule has 10 heteroatoms. The van der Waals surface area contributed by atoms with Crippen molar-refractivity contribution in [3.05, 3.63) is 16.1 Å². The molecule has 0 saturated heterocycles. The molecule has 1 N–H and O–H groups in total. The number of rotatable bonds is 29. The Kier molecular flexibility index (Phi) is 23.9. The minimum atomic E-state index is -4.20. The van der Waals surface area contributed by atoms with Gasteiger partial charge in [-0.25, -0.2) is 9.78 Å². The van der Waals surface area contributed by atoms with Crippen LogP contribution in [0.1, 0.15) is 127 Å².